The molecule has 2 aromatic rings. The molecule has 154 valence electrons. The average molecular weight is 410 g/mol. The third-order valence-corrected chi connectivity index (χ3v) is 7.43. The third kappa shape index (κ3) is 4.23. The molecule has 1 unspecified atom stereocenters. The second-order valence-corrected chi connectivity index (χ2v) is 10.1. The van der Waals surface area contributed by atoms with Crippen LogP contribution < -0.4 is 0 Å². The maximum absolute atomic E-state index is 13.1. The molecule has 0 saturated heterocycles. The topological polar surface area (TPSA) is 46.5 Å². The Morgan fingerprint density at radius 2 is 1.62 bits per heavy atom. The highest BCUT2D eigenvalue weighted by Gasteiger charge is 2.44. The second-order valence-electron chi connectivity index (χ2n) is 8.53. The van der Waals surface area contributed by atoms with Crippen LogP contribution in [0.4, 0.5) is 0 Å². The van der Waals surface area contributed by atoms with Crippen molar-refractivity contribution in [3.8, 4) is 0 Å². The summed E-state index contributed by atoms with van der Waals surface area (Å²) in [5.41, 5.74) is 5.06. The Bertz CT molecular complexity index is 1030. The molecule has 0 aliphatic heterocycles. The molecule has 3 rings (SSSR count). The smallest absolute Gasteiger partial charge is 0.199 e. The van der Waals surface area contributed by atoms with Gasteiger partial charge in [-0.2, -0.15) is 12.8 Å². The zero-order valence-corrected chi connectivity index (χ0v) is 18.9. The summed E-state index contributed by atoms with van der Waals surface area (Å²) < 4.78 is 30.6. The zero-order chi connectivity index (χ0) is 21.2. The maximum atomic E-state index is 13.1. The molecule has 1 aliphatic carbocycles. The summed E-state index contributed by atoms with van der Waals surface area (Å²) in [7, 11) is -3.75. The van der Waals surface area contributed by atoms with Gasteiger partial charge in [-0.1, -0.05) is 82.1 Å². The summed E-state index contributed by atoms with van der Waals surface area (Å²) in [6.45, 7) is 10.6. The van der Waals surface area contributed by atoms with E-state index in [-0.39, 0.29) is 16.2 Å². The number of sulfonamides is 1. The fourth-order valence-corrected chi connectivity index (χ4v) is 5.23. The first-order valence-corrected chi connectivity index (χ1v) is 11.8. The molecule has 0 saturated carbocycles. The van der Waals surface area contributed by atoms with E-state index >= 15 is 0 Å². The van der Waals surface area contributed by atoms with Crippen LogP contribution >= 0.6 is 0 Å². The Kier molecular flexibility index (Phi) is 6.13. The predicted molar refractivity (Wildman–Crippen MR) is 122 cm³/mol. The molecule has 0 spiro atoms. The van der Waals surface area contributed by atoms with E-state index in [0.29, 0.717) is 0 Å². The van der Waals surface area contributed by atoms with Crippen LogP contribution in [0.3, 0.4) is 0 Å². The van der Waals surface area contributed by atoms with E-state index in [1.54, 1.807) is 12.1 Å². The summed E-state index contributed by atoms with van der Waals surface area (Å²) in [5, 5.41) is 0. The first-order valence-electron chi connectivity index (χ1n) is 10.4. The maximum Gasteiger partial charge on any atom is 0.282 e. The lowest BCUT2D eigenvalue weighted by Gasteiger charge is -2.28. The molecular weight excluding hydrogens is 378 g/mol. The van der Waals surface area contributed by atoms with Crippen molar-refractivity contribution in [2.45, 2.75) is 58.8 Å². The molecule has 0 aromatic heterocycles. The van der Waals surface area contributed by atoms with E-state index in [4.69, 9.17) is 0 Å². The first-order chi connectivity index (χ1) is 13.7. The number of nitrogens with zero attached hydrogens (tertiary/aromatic N) is 1. The van der Waals surface area contributed by atoms with Gasteiger partial charge in [0.1, 0.15) is 0 Å². The van der Waals surface area contributed by atoms with Crippen molar-refractivity contribution >= 4 is 21.3 Å². The van der Waals surface area contributed by atoms with Gasteiger partial charge in [-0.3, -0.25) is 0 Å². The van der Waals surface area contributed by atoms with Gasteiger partial charge in [0.25, 0.3) is 10.0 Å². The van der Waals surface area contributed by atoms with Gasteiger partial charge in [0.15, 0.2) is 0 Å². The SMILES string of the molecule is CCCCC1=C(c2ccccc2)C(C)(C)C(C)/C1=N/S(=O)(=O)c1ccc(C)cc1. The minimum Gasteiger partial charge on any atom is -0.199 e. The van der Waals surface area contributed by atoms with Crippen LogP contribution in [0.2, 0.25) is 0 Å². The van der Waals surface area contributed by atoms with Crippen LogP contribution in [0.25, 0.3) is 5.57 Å². The number of aryl methyl sites for hydroxylation is 1. The number of hydrogen-bond donors (Lipinski definition) is 0. The van der Waals surface area contributed by atoms with Crippen molar-refractivity contribution in [1.29, 1.82) is 0 Å². The van der Waals surface area contributed by atoms with Gasteiger partial charge in [-0.25, -0.2) is 0 Å². The molecule has 0 radical (unpaired) electrons. The van der Waals surface area contributed by atoms with Crippen molar-refractivity contribution in [3.05, 3.63) is 71.3 Å². The Balaban J connectivity index is 2.19. The molecule has 0 bridgehead atoms. The Morgan fingerprint density at radius 1 is 1.00 bits per heavy atom. The number of benzene rings is 2. The van der Waals surface area contributed by atoms with Crippen LogP contribution in [-0.2, 0) is 10.0 Å². The highest BCUT2D eigenvalue weighted by Crippen LogP contribution is 2.51. The predicted octanol–water partition coefficient (Wildman–Crippen LogP) is 6.44. The van der Waals surface area contributed by atoms with Gasteiger partial charge in [0.2, 0.25) is 0 Å². The zero-order valence-electron chi connectivity index (χ0n) is 18.1. The van der Waals surface area contributed by atoms with E-state index in [9.17, 15) is 8.42 Å². The van der Waals surface area contributed by atoms with Crippen molar-refractivity contribution in [1.82, 2.24) is 0 Å². The average Bonchev–Trinajstić information content (AvgIpc) is 2.87. The molecule has 3 nitrogen and oxygen atoms in total. The third-order valence-electron chi connectivity index (χ3n) is 6.13. The van der Waals surface area contributed by atoms with Gasteiger partial charge in [0.05, 0.1) is 10.6 Å². The van der Waals surface area contributed by atoms with Crippen molar-refractivity contribution in [2.75, 3.05) is 0 Å². The van der Waals surface area contributed by atoms with Gasteiger partial charge < -0.3 is 0 Å². The number of unbranched alkanes of at least 4 members (excludes halogenated alkanes) is 1. The van der Waals surface area contributed by atoms with Crippen LogP contribution in [0, 0.1) is 18.3 Å². The van der Waals surface area contributed by atoms with Crippen molar-refractivity contribution < 1.29 is 8.42 Å². The lowest BCUT2D eigenvalue weighted by molar-refractivity contribution is 0.420. The molecule has 2 aromatic carbocycles. The summed E-state index contributed by atoms with van der Waals surface area (Å²) in [6, 6.07) is 17.3. The highest BCUT2D eigenvalue weighted by molar-refractivity contribution is 7.90. The molecule has 0 fully saturated rings. The van der Waals surface area contributed by atoms with Gasteiger partial charge in [-0.15, -0.1) is 0 Å². The van der Waals surface area contributed by atoms with Crippen LogP contribution in [0.15, 0.2) is 69.5 Å². The molecule has 4 heteroatoms. The Labute approximate surface area is 175 Å². The monoisotopic (exact) mass is 409 g/mol. The number of allylic oxidation sites excluding steroid dienone is 2. The number of hydrogen-bond acceptors (Lipinski definition) is 2. The molecule has 1 aliphatic rings. The summed E-state index contributed by atoms with van der Waals surface area (Å²) >= 11 is 0. The quantitative estimate of drug-likeness (QED) is 0.551. The fourth-order valence-electron chi connectivity index (χ4n) is 4.12. The van der Waals surface area contributed by atoms with E-state index in [2.05, 4.69) is 44.2 Å². The minimum atomic E-state index is -3.75. The van der Waals surface area contributed by atoms with Crippen LogP contribution in [0.5, 0.6) is 0 Å². The van der Waals surface area contributed by atoms with Gasteiger partial charge in [-0.05, 0) is 54.0 Å². The normalized spacial score (nSPS) is 20.4. The summed E-state index contributed by atoms with van der Waals surface area (Å²) in [4.78, 5) is 0.253. The molecule has 0 amide bonds. The lowest BCUT2D eigenvalue weighted by Crippen LogP contribution is -2.23. The van der Waals surface area contributed by atoms with Crippen molar-refractivity contribution in [3.63, 3.8) is 0 Å². The van der Waals surface area contributed by atoms with E-state index in [0.717, 1.165) is 41.7 Å². The largest absolute Gasteiger partial charge is 0.282 e. The standard InChI is InChI=1S/C25H31NO2S/c1-6-7-13-22-23(20-11-9-8-10-12-20)25(4,5)19(3)24(22)26-29(27,28)21-16-14-18(2)15-17-21/h8-12,14-17,19H,6-7,13H2,1-5H3/b26-24-. The molecule has 1 atom stereocenters. The lowest BCUT2D eigenvalue weighted by atomic mass is 9.75. The Morgan fingerprint density at radius 3 is 2.21 bits per heavy atom. The summed E-state index contributed by atoms with van der Waals surface area (Å²) in [6.07, 6.45) is 2.91. The van der Waals surface area contributed by atoms with Gasteiger partial charge >= 0.3 is 0 Å². The number of rotatable bonds is 6. The molecule has 0 heterocycles. The first kappa shape index (κ1) is 21.5. The molecular formula is C25H31NO2S. The van der Waals surface area contributed by atoms with Crippen molar-refractivity contribution in [2.24, 2.45) is 15.7 Å². The van der Waals surface area contributed by atoms with E-state index in [1.165, 1.54) is 5.57 Å². The Hall–Kier alpha value is -2.20. The van der Waals surface area contributed by atoms with Crippen LogP contribution in [0.1, 0.15) is 58.1 Å². The second kappa shape index (κ2) is 8.27. The molecule has 29 heavy (non-hydrogen) atoms. The summed E-state index contributed by atoms with van der Waals surface area (Å²) in [5.74, 6) is 0.0183. The highest BCUT2D eigenvalue weighted by atomic mass is 32.2. The van der Waals surface area contributed by atoms with Gasteiger partial charge in [0, 0.05) is 5.92 Å². The van der Waals surface area contributed by atoms with Crippen LogP contribution in [-0.4, -0.2) is 14.1 Å². The fraction of sp³-hybridized carbons (Fsp3) is 0.400. The van der Waals surface area contributed by atoms with E-state index < -0.39 is 10.0 Å². The molecule has 0 N–H and O–H groups in total. The van der Waals surface area contributed by atoms with E-state index in [1.807, 2.05) is 37.3 Å². The minimum absolute atomic E-state index is 0.0183.